The van der Waals surface area contributed by atoms with Crippen molar-refractivity contribution in [2.45, 2.75) is 5.28 Å². The van der Waals surface area contributed by atoms with Crippen molar-refractivity contribution in [3.8, 4) is 0 Å². The smallest absolute Gasteiger partial charge is 1.00 e. The maximum atomic E-state index is 3.46. The summed E-state index contributed by atoms with van der Waals surface area (Å²) >= 11 is 2.54. The molecule has 0 N–H and O–H groups in total. The van der Waals surface area contributed by atoms with E-state index in [1.807, 2.05) is 6.08 Å². The molecule has 0 atom stereocenters. The second-order valence-corrected chi connectivity index (χ2v) is 0.996. The third kappa shape index (κ3) is 21.0. The Bertz CT molecular complexity index is 22.8. The van der Waals surface area contributed by atoms with Gasteiger partial charge in [0.2, 0.25) is 0 Å². The minimum Gasteiger partial charge on any atom is -1.00 e. The molecule has 0 aromatic carbocycles. The van der Waals surface area contributed by atoms with Crippen LogP contribution in [-0.4, -0.2) is 16.3 Å². The van der Waals surface area contributed by atoms with Gasteiger partial charge in [0.05, 0.1) is 0 Å². The summed E-state index contributed by atoms with van der Waals surface area (Å²) in [4.78, 5) is 0. The first-order valence-electron chi connectivity index (χ1n) is 1.22. The summed E-state index contributed by atoms with van der Waals surface area (Å²) in [6.07, 6.45) is 1.84. The molecule has 0 bridgehead atoms. The van der Waals surface area contributed by atoms with E-state index in [2.05, 4.69) is 22.9 Å². The van der Waals surface area contributed by atoms with E-state index in [4.69, 9.17) is 0 Å². The van der Waals surface area contributed by atoms with Crippen molar-refractivity contribution in [1.82, 2.24) is 0 Å². The van der Waals surface area contributed by atoms with E-state index in [0.717, 1.165) is 5.28 Å². The van der Waals surface area contributed by atoms with Crippen LogP contribution >= 0.6 is 0 Å². The van der Waals surface area contributed by atoms with Gasteiger partial charge in [0.15, 0.2) is 0 Å². The molecular formula is C3H5AlCl2. The van der Waals surface area contributed by atoms with Crippen LogP contribution in [0.1, 0.15) is 0 Å². The molecule has 0 aliphatic heterocycles. The van der Waals surface area contributed by atoms with Crippen LogP contribution in [0.15, 0.2) is 12.7 Å². The molecule has 3 heteroatoms. The van der Waals surface area contributed by atoms with Gasteiger partial charge >= 0.3 is 34.2 Å². The SMILES string of the molecule is C=C[CH2][Al+2].[Cl-].[Cl-]. The zero-order chi connectivity index (χ0) is 3.41. The standard InChI is InChI=1S/C3H5.Al.2ClH/c1-3-2;;;/h3H,1-2H2;;2*1H/q;+2;;/p-2. The van der Waals surface area contributed by atoms with E-state index in [9.17, 15) is 0 Å². The summed E-state index contributed by atoms with van der Waals surface area (Å²) in [5.41, 5.74) is 0. The van der Waals surface area contributed by atoms with Crippen LogP contribution in [-0.2, 0) is 0 Å². The molecule has 0 radical (unpaired) electrons. The van der Waals surface area contributed by atoms with Gasteiger partial charge in [0.25, 0.3) is 0 Å². The fraction of sp³-hybridized carbons (Fsp3) is 0.333. The number of hydrogen-bond acceptors (Lipinski definition) is 0. The zero-order valence-corrected chi connectivity index (χ0v) is 5.99. The number of hydrogen-bond donors (Lipinski definition) is 0. The maximum absolute atomic E-state index is 3.46. The summed E-state index contributed by atoms with van der Waals surface area (Å²) in [6, 6.07) is 0. The van der Waals surface area contributed by atoms with Gasteiger partial charge < -0.3 is 24.8 Å². The van der Waals surface area contributed by atoms with Crippen LogP contribution < -0.4 is 24.8 Å². The van der Waals surface area contributed by atoms with Crippen molar-refractivity contribution in [2.24, 2.45) is 0 Å². The monoisotopic (exact) mass is 138 g/mol. The molecule has 6 heavy (non-hydrogen) atoms. The zero-order valence-electron chi connectivity index (χ0n) is 3.32. The first kappa shape index (κ1) is 15.8. The minimum absolute atomic E-state index is 0. The Morgan fingerprint density at radius 1 is 1.50 bits per heavy atom. The first-order chi connectivity index (χ1) is 1.91. The largest absolute Gasteiger partial charge is 1.00 e. The van der Waals surface area contributed by atoms with E-state index in [0.29, 0.717) is 0 Å². The van der Waals surface area contributed by atoms with Gasteiger partial charge in [-0.25, -0.2) is 0 Å². The minimum atomic E-state index is 0. The molecule has 0 aliphatic carbocycles. The summed E-state index contributed by atoms with van der Waals surface area (Å²) in [5, 5.41) is 1.00. The second-order valence-electron chi connectivity index (χ2n) is 0.524. The van der Waals surface area contributed by atoms with Crippen molar-refractivity contribution in [2.75, 3.05) is 0 Å². The van der Waals surface area contributed by atoms with Gasteiger partial charge in [-0.05, 0) is 0 Å². The predicted octanol–water partition coefficient (Wildman–Crippen LogP) is -5.23. The topological polar surface area (TPSA) is 0 Å². The predicted molar refractivity (Wildman–Crippen MR) is 20.8 cm³/mol. The molecule has 0 fully saturated rings. The first-order valence-corrected chi connectivity index (χ1v) is 2.04. The van der Waals surface area contributed by atoms with Crippen LogP contribution in [0.5, 0.6) is 0 Å². The van der Waals surface area contributed by atoms with Crippen molar-refractivity contribution in [3.63, 3.8) is 0 Å². The normalized spacial score (nSPS) is 4.33. The quantitative estimate of drug-likeness (QED) is 0.251. The van der Waals surface area contributed by atoms with Gasteiger partial charge in [-0.15, -0.1) is 0 Å². The summed E-state index contributed by atoms with van der Waals surface area (Å²) < 4.78 is 0. The third-order valence-electron chi connectivity index (χ3n) is 0.167. The van der Waals surface area contributed by atoms with Crippen LogP contribution in [0.2, 0.25) is 5.28 Å². The Morgan fingerprint density at radius 3 is 1.67 bits per heavy atom. The Morgan fingerprint density at radius 2 is 1.67 bits per heavy atom. The fourth-order valence-electron chi connectivity index (χ4n) is 0. The summed E-state index contributed by atoms with van der Waals surface area (Å²) in [7, 11) is 0. The molecular weight excluding hydrogens is 134 g/mol. The van der Waals surface area contributed by atoms with Crippen LogP contribution in [0, 0.1) is 0 Å². The molecule has 0 rings (SSSR count). The van der Waals surface area contributed by atoms with Gasteiger partial charge in [-0.1, -0.05) is 0 Å². The summed E-state index contributed by atoms with van der Waals surface area (Å²) in [6.45, 7) is 3.46. The van der Waals surface area contributed by atoms with Gasteiger partial charge in [0.1, 0.15) is 0 Å². The molecule has 0 aliphatic rings. The number of halogens is 2. The molecule has 0 spiro atoms. The fourth-order valence-corrected chi connectivity index (χ4v) is 0. The Kier molecular flexibility index (Phi) is 44.6. The van der Waals surface area contributed by atoms with E-state index < -0.39 is 0 Å². The molecule has 34 valence electrons. The molecule has 0 heterocycles. The summed E-state index contributed by atoms with van der Waals surface area (Å²) in [5.74, 6) is 0. The van der Waals surface area contributed by atoms with E-state index in [-0.39, 0.29) is 24.8 Å². The molecule has 0 amide bonds. The average molecular weight is 139 g/mol. The molecule has 0 unspecified atom stereocenters. The van der Waals surface area contributed by atoms with Crippen LogP contribution in [0.25, 0.3) is 0 Å². The molecule has 0 nitrogen and oxygen atoms in total. The van der Waals surface area contributed by atoms with Gasteiger partial charge in [-0.3, -0.25) is 0 Å². The van der Waals surface area contributed by atoms with E-state index in [1.54, 1.807) is 0 Å². The van der Waals surface area contributed by atoms with Crippen molar-refractivity contribution >= 4 is 16.3 Å². The molecule has 0 saturated heterocycles. The molecule has 0 aromatic heterocycles. The van der Waals surface area contributed by atoms with Crippen LogP contribution in [0.3, 0.4) is 0 Å². The Labute approximate surface area is 59.2 Å². The van der Waals surface area contributed by atoms with E-state index >= 15 is 0 Å². The van der Waals surface area contributed by atoms with Gasteiger partial charge in [-0.2, -0.15) is 0 Å². The average Bonchev–Trinajstić information content (AvgIpc) is 1.37. The van der Waals surface area contributed by atoms with Crippen molar-refractivity contribution < 1.29 is 24.8 Å². The number of rotatable bonds is 1. The maximum Gasteiger partial charge on any atom is -1.00 e. The molecule has 0 aromatic rings. The van der Waals surface area contributed by atoms with E-state index in [1.165, 1.54) is 0 Å². The number of allylic oxidation sites excluding steroid dienone is 1. The van der Waals surface area contributed by atoms with Crippen LogP contribution in [0.4, 0.5) is 0 Å². The third-order valence-corrected chi connectivity index (χ3v) is 0.500. The second kappa shape index (κ2) is 16.9. The van der Waals surface area contributed by atoms with Gasteiger partial charge in [0, 0.05) is 0 Å². The Balaban J connectivity index is -0.0000000450. The Hall–Kier alpha value is 0.852. The molecule has 0 saturated carbocycles. The van der Waals surface area contributed by atoms with Crippen molar-refractivity contribution in [3.05, 3.63) is 12.7 Å². The van der Waals surface area contributed by atoms with Crippen molar-refractivity contribution in [1.29, 1.82) is 0 Å².